The molecule has 0 aliphatic carbocycles. The van der Waals surface area contributed by atoms with E-state index in [-0.39, 0.29) is 5.82 Å². The predicted octanol–water partition coefficient (Wildman–Crippen LogP) is 4.85. The van der Waals surface area contributed by atoms with E-state index in [1.54, 1.807) is 6.07 Å². The Morgan fingerprint density at radius 2 is 1.90 bits per heavy atom. The number of benzene rings is 2. The molecule has 0 radical (unpaired) electrons. The van der Waals surface area contributed by atoms with Crippen LogP contribution >= 0.6 is 15.9 Å². The summed E-state index contributed by atoms with van der Waals surface area (Å²) in [6, 6.07) is 16.4. The van der Waals surface area contributed by atoms with Crippen molar-refractivity contribution in [3.63, 3.8) is 0 Å². The molecule has 1 heterocycles. The highest BCUT2D eigenvalue weighted by Gasteiger charge is 2.05. The number of halogens is 2. The highest BCUT2D eigenvalue weighted by molar-refractivity contribution is 9.08. The number of alkyl halides is 1. The quantitative estimate of drug-likeness (QED) is 0.630. The molecule has 0 N–H and O–H groups in total. The van der Waals surface area contributed by atoms with E-state index in [0.717, 1.165) is 22.2 Å². The molecule has 3 rings (SSSR count). The highest BCUT2D eigenvalue weighted by atomic mass is 79.9. The number of para-hydroxylation sites is 1. The van der Waals surface area contributed by atoms with Crippen LogP contribution in [0.25, 0.3) is 10.9 Å². The minimum Gasteiger partial charge on any atom is -0.487 e. The molecule has 0 aliphatic rings. The van der Waals surface area contributed by atoms with Crippen LogP contribution in [0.5, 0.6) is 5.75 Å². The molecule has 106 valence electrons. The van der Waals surface area contributed by atoms with Gasteiger partial charge in [0.05, 0.1) is 11.2 Å². The lowest BCUT2D eigenvalue weighted by molar-refractivity contribution is 0.299. The second-order valence-corrected chi connectivity index (χ2v) is 5.23. The molecular weight excluding hydrogens is 333 g/mol. The van der Waals surface area contributed by atoms with Gasteiger partial charge in [-0.25, -0.2) is 9.37 Å². The van der Waals surface area contributed by atoms with E-state index in [9.17, 15) is 4.39 Å². The molecule has 21 heavy (non-hydrogen) atoms. The average Bonchev–Trinajstić information content (AvgIpc) is 2.53. The lowest BCUT2D eigenvalue weighted by atomic mass is 10.2. The number of pyridine rings is 1. The van der Waals surface area contributed by atoms with E-state index in [4.69, 9.17) is 4.74 Å². The SMILES string of the molecule is Fc1ccc(OCc2ccc3ccccc3n2)c(CBr)c1. The van der Waals surface area contributed by atoms with E-state index >= 15 is 0 Å². The molecule has 0 atom stereocenters. The Morgan fingerprint density at radius 1 is 1.05 bits per heavy atom. The van der Waals surface area contributed by atoms with Gasteiger partial charge in [-0.2, -0.15) is 0 Å². The van der Waals surface area contributed by atoms with Gasteiger partial charge in [-0.15, -0.1) is 0 Å². The Labute approximate surface area is 130 Å². The van der Waals surface area contributed by atoms with Crippen molar-refractivity contribution < 1.29 is 9.13 Å². The molecule has 0 unspecified atom stereocenters. The lowest BCUT2D eigenvalue weighted by Gasteiger charge is -2.10. The second-order valence-electron chi connectivity index (χ2n) is 4.67. The monoisotopic (exact) mass is 345 g/mol. The molecule has 0 aliphatic heterocycles. The van der Waals surface area contributed by atoms with Gasteiger partial charge in [-0.1, -0.05) is 40.2 Å². The summed E-state index contributed by atoms with van der Waals surface area (Å²) in [6.07, 6.45) is 0. The summed E-state index contributed by atoms with van der Waals surface area (Å²) in [7, 11) is 0. The first-order chi connectivity index (χ1) is 10.3. The van der Waals surface area contributed by atoms with E-state index in [1.807, 2.05) is 36.4 Å². The molecule has 0 bridgehead atoms. The molecule has 0 amide bonds. The number of ether oxygens (including phenoxy) is 1. The zero-order valence-corrected chi connectivity index (χ0v) is 12.8. The topological polar surface area (TPSA) is 22.1 Å². The highest BCUT2D eigenvalue weighted by Crippen LogP contribution is 2.23. The van der Waals surface area contributed by atoms with E-state index in [2.05, 4.69) is 20.9 Å². The fourth-order valence-electron chi connectivity index (χ4n) is 2.13. The van der Waals surface area contributed by atoms with Gasteiger partial charge in [-0.3, -0.25) is 0 Å². The van der Waals surface area contributed by atoms with Crippen LogP contribution in [0.4, 0.5) is 4.39 Å². The molecule has 0 fully saturated rings. The van der Waals surface area contributed by atoms with Gasteiger partial charge in [0.25, 0.3) is 0 Å². The van der Waals surface area contributed by atoms with Crippen LogP contribution in [0, 0.1) is 5.82 Å². The first-order valence-corrected chi connectivity index (χ1v) is 7.70. The molecule has 0 spiro atoms. The summed E-state index contributed by atoms with van der Waals surface area (Å²) in [5.41, 5.74) is 2.58. The van der Waals surface area contributed by atoms with Crippen LogP contribution in [-0.2, 0) is 11.9 Å². The van der Waals surface area contributed by atoms with Gasteiger partial charge in [-0.05, 0) is 30.3 Å². The van der Waals surface area contributed by atoms with Crippen molar-refractivity contribution >= 4 is 26.8 Å². The van der Waals surface area contributed by atoms with Crippen LogP contribution in [0.2, 0.25) is 0 Å². The van der Waals surface area contributed by atoms with Crippen LogP contribution in [-0.4, -0.2) is 4.98 Å². The third-order valence-electron chi connectivity index (χ3n) is 3.20. The Hall–Kier alpha value is -1.94. The molecule has 0 saturated carbocycles. The number of hydrogen-bond donors (Lipinski definition) is 0. The van der Waals surface area contributed by atoms with Crippen molar-refractivity contribution in [2.75, 3.05) is 0 Å². The molecular formula is C17H13BrFNO. The predicted molar refractivity (Wildman–Crippen MR) is 85.1 cm³/mol. The minimum absolute atomic E-state index is 0.263. The maximum Gasteiger partial charge on any atom is 0.130 e. The molecule has 3 aromatic rings. The Kier molecular flexibility index (Phi) is 4.15. The average molecular weight is 346 g/mol. The van der Waals surface area contributed by atoms with Gasteiger partial charge in [0.2, 0.25) is 0 Å². The number of hydrogen-bond acceptors (Lipinski definition) is 2. The van der Waals surface area contributed by atoms with Gasteiger partial charge in [0, 0.05) is 16.3 Å². The summed E-state index contributed by atoms with van der Waals surface area (Å²) in [5, 5.41) is 1.65. The van der Waals surface area contributed by atoms with Crippen molar-refractivity contribution in [1.82, 2.24) is 4.98 Å². The second kappa shape index (κ2) is 6.22. The van der Waals surface area contributed by atoms with Crippen molar-refractivity contribution in [1.29, 1.82) is 0 Å². The Morgan fingerprint density at radius 3 is 2.76 bits per heavy atom. The summed E-state index contributed by atoms with van der Waals surface area (Å²) in [6.45, 7) is 0.358. The first-order valence-electron chi connectivity index (χ1n) is 6.58. The zero-order valence-electron chi connectivity index (χ0n) is 11.2. The van der Waals surface area contributed by atoms with Gasteiger partial charge in [0.1, 0.15) is 18.2 Å². The number of aromatic nitrogens is 1. The first kappa shape index (κ1) is 14.0. The smallest absolute Gasteiger partial charge is 0.130 e. The maximum absolute atomic E-state index is 13.2. The normalized spacial score (nSPS) is 10.8. The minimum atomic E-state index is -0.263. The molecule has 2 nitrogen and oxygen atoms in total. The van der Waals surface area contributed by atoms with Crippen LogP contribution in [0.15, 0.2) is 54.6 Å². The van der Waals surface area contributed by atoms with Crippen LogP contribution in [0.3, 0.4) is 0 Å². The Balaban J connectivity index is 1.80. The third-order valence-corrected chi connectivity index (χ3v) is 3.80. The Bertz CT molecular complexity index is 776. The van der Waals surface area contributed by atoms with E-state index < -0.39 is 0 Å². The van der Waals surface area contributed by atoms with E-state index in [1.165, 1.54) is 12.1 Å². The molecule has 4 heteroatoms. The lowest BCUT2D eigenvalue weighted by Crippen LogP contribution is -2.00. The van der Waals surface area contributed by atoms with Crippen molar-refractivity contribution in [3.8, 4) is 5.75 Å². The summed E-state index contributed by atoms with van der Waals surface area (Å²) >= 11 is 3.34. The van der Waals surface area contributed by atoms with E-state index in [0.29, 0.717) is 17.7 Å². The summed E-state index contributed by atoms with van der Waals surface area (Å²) < 4.78 is 18.9. The fourth-order valence-corrected chi connectivity index (χ4v) is 2.57. The van der Waals surface area contributed by atoms with Crippen molar-refractivity contribution in [2.45, 2.75) is 11.9 Å². The largest absolute Gasteiger partial charge is 0.487 e. The molecule has 2 aromatic carbocycles. The van der Waals surface area contributed by atoms with Crippen LogP contribution < -0.4 is 4.74 Å². The van der Waals surface area contributed by atoms with Gasteiger partial charge < -0.3 is 4.74 Å². The van der Waals surface area contributed by atoms with Gasteiger partial charge >= 0.3 is 0 Å². The van der Waals surface area contributed by atoms with Crippen molar-refractivity contribution in [3.05, 3.63) is 71.7 Å². The number of rotatable bonds is 4. The summed E-state index contributed by atoms with van der Waals surface area (Å²) in [4.78, 5) is 4.55. The fraction of sp³-hybridized carbons (Fsp3) is 0.118. The standard InChI is InChI=1S/C17H13BrFNO/c18-10-13-9-14(19)6-8-17(13)21-11-15-7-5-12-3-1-2-4-16(12)20-15/h1-9H,10-11H2. The summed E-state index contributed by atoms with van der Waals surface area (Å²) in [5.74, 6) is 0.406. The number of fused-ring (bicyclic) bond motifs is 1. The van der Waals surface area contributed by atoms with Crippen molar-refractivity contribution in [2.24, 2.45) is 0 Å². The maximum atomic E-state index is 13.2. The molecule has 1 aromatic heterocycles. The number of nitrogens with zero attached hydrogens (tertiary/aromatic N) is 1. The molecule has 0 saturated heterocycles. The van der Waals surface area contributed by atoms with Gasteiger partial charge in [0.15, 0.2) is 0 Å². The zero-order chi connectivity index (χ0) is 14.7. The third kappa shape index (κ3) is 3.22. The van der Waals surface area contributed by atoms with Crippen LogP contribution in [0.1, 0.15) is 11.3 Å².